The second kappa shape index (κ2) is 11.9. The quantitative estimate of drug-likeness (QED) is 0.283. The summed E-state index contributed by atoms with van der Waals surface area (Å²) < 4.78 is 36.0. The minimum atomic E-state index is -4.14. The zero-order valence-corrected chi connectivity index (χ0v) is 21.3. The number of aliphatic hydroxyl groups is 1. The van der Waals surface area contributed by atoms with Gasteiger partial charge in [0.05, 0.1) is 25.4 Å². The van der Waals surface area contributed by atoms with Crippen molar-refractivity contribution < 1.29 is 33.0 Å². The van der Waals surface area contributed by atoms with Gasteiger partial charge in [-0.15, -0.1) is 0 Å². The first-order valence-corrected chi connectivity index (χ1v) is 12.9. The fourth-order valence-corrected chi connectivity index (χ4v) is 5.07. The second-order valence-electron chi connectivity index (χ2n) is 7.55. The zero-order chi connectivity index (χ0) is 25.6. The summed E-state index contributed by atoms with van der Waals surface area (Å²) in [5, 5.41) is 13.0. The summed E-state index contributed by atoms with van der Waals surface area (Å²) in [4.78, 5) is 39.7. The van der Waals surface area contributed by atoms with E-state index in [0.29, 0.717) is 0 Å². The number of ether oxygens (including phenoxy) is 2. The molecular weight excluding hydrogens is 549 g/mol. The highest BCUT2D eigenvalue weighted by molar-refractivity contribution is 9.11. The Morgan fingerprint density at radius 3 is 2.77 bits per heavy atom. The second-order valence-corrected chi connectivity index (χ2v) is 9.77. The molecule has 1 saturated heterocycles. The zero-order valence-electron chi connectivity index (χ0n) is 18.8. The van der Waals surface area contributed by atoms with E-state index in [4.69, 9.17) is 13.8 Å². The Bertz CT molecular complexity index is 1220. The maximum absolute atomic E-state index is 13.4. The van der Waals surface area contributed by atoms with E-state index < -0.39 is 56.0 Å². The number of hydrogen-bond acceptors (Lipinski definition) is 9. The summed E-state index contributed by atoms with van der Waals surface area (Å²) >= 11 is 3.08. The highest BCUT2D eigenvalue weighted by Crippen LogP contribution is 2.45. The maximum Gasteiger partial charge on any atom is 0.459 e. The van der Waals surface area contributed by atoms with Crippen LogP contribution in [0, 0.1) is 0 Å². The number of aromatic amines is 1. The van der Waals surface area contributed by atoms with E-state index in [1.54, 1.807) is 30.3 Å². The summed E-state index contributed by atoms with van der Waals surface area (Å²) in [6, 6.07) is 7.15. The highest BCUT2D eigenvalue weighted by Gasteiger charge is 2.39. The van der Waals surface area contributed by atoms with Gasteiger partial charge in [-0.25, -0.2) is 9.36 Å². The Morgan fingerprint density at radius 1 is 1.40 bits per heavy atom. The fourth-order valence-electron chi connectivity index (χ4n) is 3.29. The van der Waals surface area contributed by atoms with Gasteiger partial charge in [0.15, 0.2) is 0 Å². The Balaban J connectivity index is 1.75. The van der Waals surface area contributed by atoms with Crippen molar-refractivity contribution in [2.45, 2.75) is 37.8 Å². The molecule has 190 valence electrons. The van der Waals surface area contributed by atoms with Gasteiger partial charge >= 0.3 is 19.4 Å². The van der Waals surface area contributed by atoms with E-state index in [1.807, 2.05) is 0 Å². The van der Waals surface area contributed by atoms with Crippen LogP contribution < -0.4 is 20.9 Å². The number of methoxy groups -OCH3 is 1. The number of benzene rings is 1. The molecule has 35 heavy (non-hydrogen) atoms. The van der Waals surface area contributed by atoms with Gasteiger partial charge in [0, 0.05) is 12.6 Å². The molecule has 0 radical (unpaired) electrons. The van der Waals surface area contributed by atoms with Crippen LogP contribution in [0.25, 0.3) is 6.08 Å². The third kappa shape index (κ3) is 7.00. The van der Waals surface area contributed by atoms with E-state index in [-0.39, 0.29) is 17.7 Å². The lowest BCUT2D eigenvalue weighted by Gasteiger charge is -2.24. The minimum Gasteiger partial charge on any atom is -0.468 e. The Morgan fingerprint density at radius 2 is 2.11 bits per heavy atom. The van der Waals surface area contributed by atoms with Crippen molar-refractivity contribution in [3.05, 3.63) is 67.9 Å². The van der Waals surface area contributed by atoms with Crippen LogP contribution in [-0.2, 0) is 23.4 Å². The topological polar surface area (TPSA) is 158 Å². The van der Waals surface area contributed by atoms with Gasteiger partial charge in [-0.05, 0) is 30.1 Å². The number of H-pyrrole nitrogens is 1. The summed E-state index contributed by atoms with van der Waals surface area (Å²) in [6.07, 6.45) is -0.224. The summed E-state index contributed by atoms with van der Waals surface area (Å²) in [7, 11) is -2.95. The molecule has 0 amide bonds. The number of nitrogens with zero attached hydrogens (tertiary/aromatic N) is 1. The van der Waals surface area contributed by atoms with Crippen molar-refractivity contribution in [3.8, 4) is 5.75 Å². The third-order valence-electron chi connectivity index (χ3n) is 5.04. The smallest absolute Gasteiger partial charge is 0.459 e. The number of carbonyl (C=O) groups excluding carboxylic acids is 1. The van der Waals surface area contributed by atoms with Crippen molar-refractivity contribution >= 4 is 35.7 Å². The number of rotatable bonds is 10. The molecule has 0 aliphatic carbocycles. The lowest BCUT2D eigenvalue weighted by atomic mass is 10.2. The van der Waals surface area contributed by atoms with Crippen LogP contribution in [0.3, 0.4) is 0 Å². The molecule has 0 bridgehead atoms. The largest absolute Gasteiger partial charge is 0.468 e. The van der Waals surface area contributed by atoms with Gasteiger partial charge in [-0.2, -0.15) is 5.09 Å². The summed E-state index contributed by atoms with van der Waals surface area (Å²) in [5.41, 5.74) is -1.10. The number of para-hydroxylation sites is 1. The Hall–Kier alpha value is -2.54. The Labute approximate surface area is 208 Å². The minimum absolute atomic E-state index is 0.00722. The number of halogens is 1. The number of hydrogen-bond donors (Lipinski definition) is 3. The molecule has 1 aromatic heterocycles. The lowest BCUT2D eigenvalue weighted by molar-refractivity contribution is -0.142. The predicted octanol–water partition coefficient (Wildman–Crippen LogP) is 1.91. The molecule has 2 heterocycles. The van der Waals surface area contributed by atoms with E-state index in [0.717, 1.165) is 4.57 Å². The van der Waals surface area contributed by atoms with Gasteiger partial charge in [0.1, 0.15) is 24.1 Å². The van der Waals surface area contributed by atoms with Gasteiger partial charge < -0.3 is 19.1 Å². The van der Waals surface area contributed by atoms with Crippen molar-refractivity contribution in [2.75, 3.05) is 13.7 Å². The number of esters is 1. The van der Waals surface area contributed by atoms with Crippen LogP contribution in [-0.4, -0.2) is 52.6 Å². The SMILES string of the molecule is COC(=O)[C@H](C)N[P@](=O)(OC[C@H]1O[C@@H](n2cc(/C=C/Br)c(=O)[nH]c2=O)C[C@@H]1O)Oc1ccccc1. The van der Waals surface area contributed by atoms with Crippen LogP contribution >= 0.6 is 23.7 Å². The summed E-state index contributed by atoms with van der Waals surface area (Å²) in [5.74, 6) is -0.466. The van der Waals surface area contributed by atoms with Crippen LogP contribution in [0.4, 0.5) is 0 Å². The van der Waals surface area contributed by atoms with Gasteiger partial charge in [-0.3, -0.25) is 23.7 Å². The molecule has 0 saturated carbocycles. The van der Waals surface area contributed by atoms with Crippen molar-refractivity contribution in [3.63, 3.8) is 0 Å². The third-order valence-corrected chi connectivity index (χ3v) is 6.94. The predicted molar refractivity (Wildman–Crippen MR) is 129 cm³/mol. The lowest BCUT2D eigenvalue weighted by Crippen LogP contribution is -2.36. The molecule has 0 unspecified atom stereocenters. The number of carbonyl (C=O) groups is 1. The normalized spacial score (nSPS) is 22.6. The standard InChI is InChI=1S/C21H25BrN3O9P/c1-13(20(28)31-2)24-35(30,34-15-6-4-3-5-7-15)32-12-17-16(26)10-18(33-17)25-11-14(8-9-22)19(27)23-21(25)29/h3-9,11,13,16-18,26H,10,12H2,1-2H3,(H,24,30)(H,23,27,29)/b9-8+/t13-,16-,17+,18+,35-/m0/s1. The van der Waals surface area contributed by atoms with E-state index in [2.05, 4.69) is 30.7 Å². The van der Waals surface area contributed by atoms with E-state index in [1.165, 1.54) is 31.3 Å². The van der Waals surface area contributed by atoms with Crippen molar-refractivity contribution in [2.24, 2.45) is 0 Å². The molecular formula is C21H25BrN3O9P. The first kappa shape index (κ1) is 27.1. The van der Waals surface area contributed by atoms with Gasteiger partial charge in [0.25, 0.3) is 5.56 Å². The van der Waals surface area contributed by atoms with Gasteiger partial charge in [0.2, 0.25) is 0 Å². The first-order chi connectivity index (χ1) is 16.7. The molecule has 3 rings (SSSR count). The maximum atomic E-state index is 13.4. The molecule has 1 fully saturated rings. The van der Waals surface area contributed by atoms with Crippen LogP contribution in [0.1, 0.15) is 25.1 Å². The number of nitrogens with one attached hydrogen (secondary N) is 2. The fraction of sp³-hybridized carbons (Fsp3) is 0.381. The van der Waals surface area contributed by atoms with E-state index >= 15 is 0 Å². The number of aromatic nitrogens is 2. The van der Waals surface area contributed by atoms with Crippen molar-refractivity contribution in [1.82, 2.24) is 14.6 Å². The molecule has 1 aliphatic heterocycles. The highest BCUT2D eigenvalue weighted by atomic mass is 79.9. The summed E-state index contributed by atoms with van der Waals surface area (Å²) in [6.45, 7) is 1.03. The average Bonchev–Trinajstić information content (AvgIpc) is 3.19. The van der Waals surface area contributed by atoms with Crippen LogP contribution in [0.2, 0.25) is 0 Å². The molecule has 0 spiro atoms. The molecule has 1 aliphatic rings. The molecule has 14 heteroatoms. The number of aliphatic hydroxyl groups excluding tert-OH is 1. The van der Waals surface area contributed by atoms with Crippen LogP contribution in [0.15, 0.2) is 51.1 Å². The average molecular weight is 574 g/mol. The van der Waals surface area contributed by atoms with E-state index in [9.17, 15) is 24.1 Å². The van der Waals surface area contributed by atoms with Crippen molar-refractivity contribution in [1.29, 1.82) is 0 Å². The monoisotopic (exact) mass is 573 g/mol. The Kier molecular flexibility index (Phi) is 9.22. The molecule has 3 N–H and O–H groups in total. The molecule has 2 aromatic rings. The van der Waals surface area contributed by atoms with Crippen LogP contribution in [0.5, 0.6) is 5.75 Å². The molecule has 1 aromatic carbocycles. The first-order valence-electron chi connectivity index (χ1n) is 10.5. The molecule has 12 nitrogen and oxygen atoms in total. The molecule has 5 atom stereocenters. The van der Waals surface area contributed by atoms with Gasteiger partial charge in [-0.1, -0.05) is 34.1 Å².